The zero-order valence-electron chi connectivity index (χ0n) is 20.9. The van der Waals surface area contributed by atoms with E-state index in [-0.39, 0.29) is 23.9 Å². The maximum absolute atomic E-state index is 13.2. The lowest BCUT2D eigenvalue weighted by atomic mass is 9.82. The van der Waals surface area contributed by atoms with Crippen molar-refractivity contribution in [2.75, 3.05) is 7.05 Å². The fourth-order valence-corrected chi connectivity index (χ4v) is 5.24. The van der Waals surface area contributed by atoms with Crippen LogP contribution in [0.5, 0.6) is 0 Å². The Kier molecular flexibility index (Phi) is 9.01. The van der Waals surface area contributed by atoms with Crippen molar-refractivity contribution in [1.82, 2.24) is 20.6 Å². The third-order valence-corrected chi connectivity index (χ3v) is 7.24. The van der Waals surface area contributed by atoms with E-state index in [4.69, 9.17) is 0 Å². The zero-order valence-corrected chi connectivity index (χ0v) is 20.9. The molecule has 0 radical (unpaired) electrons. The van der Waals surface area contributed by atoms with Gasteiger partial charge in [0.1, 0.15) is 5.69 Å². The number of hydrogen-bond acceptors (Lipinski definition) is 5. The average molecular weight is 489 g/mol. The number of nitrogens with one attached hydrogen (secondary N) is 2. The summed E-state index contributed by atoms with van der Waals surface area (Å²) >= 11 is 0. The minimum atomic E-state index is -0.865. The van der Waals surface area contributed by atoms with Crippen molar-refractivity contribution >= 4 is 22.8 Å². The summed E-state index contributed by atoms with van der Waals surface area (Å²) in [4.78, 5) is 34.7. The van der Waals surface area contributed by atoms with Crippen LogP contribution in [0.15, 0.2) is 60.8 Å². The first kappa shape index (κ1) is 25.8. The first-order valence-corrected chi connectivity index (χ1v) is 13.0. The molecule has 1 aliphatic carbocycles. The summed E-state index contributed by atoms with van der Waals surface area (Å²) in [6.07, 6.45) is 7.85. The summed E-state index contributed by atoms with van der Waals surface area (Å²) in [5, 5.41) is 17.2. The Balaban J connectivity index is 1.51. The molecule has 0 aliphatic heterocycles. The van der Waals surface area contributed by atoms with Gasteiger partial charge in [0.15, 0.2) is 0 Å². The molecule has 0 bridgehead atoms. The molecule has 1 saturated carbocycles. The molecule has 0 spiro atoms. The number of hydrogen-bond donors (Lipinski definition) is 3. The van der Waals surface area contributed by atoms with Crippen LogP contribution >= 0.6 is 0 Å². The van der Waals surface area contributed by atoms with Gasteiger partial charge in [-0.1, -0.05) is 74.6 Å². The molecule has 3 N–H and O–H groups in total. The van der Waals surface area contributed by atoms with Crippen LogP contribution in [0.25, 0.3) is 11.0 Å². The van der Waals surface area contributed by atoms with Crippen LogP contribution in [-0.4, -0.2) is 46.1 Å². The highest BCUT2D eigenvalue weighted by Gasteiger charge is 2.31. The van der Waals surface area contributed by atoms with Crippen molar-refractivity contribution in [2.45, 2.75) is 63.5 Å². The minimum Gasteiger partial charge on any atom is -0.391 e. The Labute approximate surface area is 212 Å². The van der Waals surface area contributed by atoms with Crippen LogP contribution < -0.4 is 10.6 Å². The van der Waals surface area contributed by atoms with Gasteiger partial charge in [-0.2, -0.15) is 0 Å². The van der Waals surface area contributed by atoms with E-state index in [1.54, 1.807) is 7.05 Å². The van der Waals surface area contributed by atoms with Gasteiger partial charge in [0, 0.05) is 13.0 Å². The molecule has 2 aromatic carbocycles. The molecular weight excluding hydrogens is 452 g/mol. The van der Waals surface area contributed by atoms with Crippen molar-refractivity contribution in [2.24, 2.45) is 11.8 Å². The Bertz CT molecular complexity index is 1150. The predicted molar refractivity (Wildman–Crippen MR) is 140 cm³/mol. The largest absolute Gasteiger partial charge is 0.391 e. The molecular formula is C29H36N4O3. The van der Waals surface area contributed by atoms with Crippen LogP contribution in [0.1, 0.15) is 61.0 Å². The summed E-state index contributed by atoms with van der Waals surface area (Å²) < 4.78 is 0. The number of amides is 2. The molecule has 7 heteroatoms. The van der Waals surface area contributed by atoms with Crippen molar-refractivity contribution < 1.29 is 14.7 Å². The molecule has 0 saturated heterocycles. The number of aliphatic hydroxyl groups is 1. The Morgan fingerprint density at radius 2 is 1.69 bits per heavy atom. The molecule has 3 atom stereocenters. The van der Waals surface area contributed by atoms with Gasteiger partial charge in [-0.25, -0.2) is 4.98 Å². The highest BCUT2D eigenvalue weighted by molar-refractivity contribution is 5.94. The van der Waals surface area contributed by atoms with Crippen LogP contribution in [-0.2, 0) is 11.2 Å². The maximum Gasteiger partial charge on any atom is 0.271 e. The third kappa shape index (κ3) is 6.88. The van der Waals surface area contributed by atoms with Crippen molar-refractivity contribution in [3.63, 3.8) is 0 Å². The molecule has 36 heavy (non-hydrogen) atoms. The van der Waals surface area contributed by atoms with E-state index in [0.717, 1.165) is 23.9 Å². The van der Waals surface area contributed by atoms with Crippen molar-refractivity contribution in [3.8, 4) is 0 Å². The lowest BCUT2D eigenvalue weighted by Gasteiger charge is -2.31. The lowest BCUT2D eigenvalue weighted by Crippen LogP contribution is -2.47. The molecule has 1 aliphatic rings. The first-order valence-electron chi connectivity index (χ1n) is 13.0. The molecule has 1 heterocycles. The van der Waals surface area contributed by atoms with Gasteiger partial charge in [0.2, 0.25) is 5.91 Å². The second-order valence-electron chi connectivity index (χ2n) is 9.87. The van der Waals surface area contributed by atoms with Gasteiger partial charge in [-0.15, -0.1) is 0 Å². The van der Waals surface area contributed by atoms with E-state index in [1.165, 1.54) is 25.5 Å². The third-order valence-electron chi connectivity index (χ3n) is 7.24. The van der Waals surface area contributed by atoms with Gasteiger partial charge in [-0.3, -0.25) is 14.6 Å². The van der Waals surface area contributed by atoms with Crippen LogP contribution in [0.4, 0.5) is 0 Å². The fraction of sp³-hybridized carbons (Fsp3) is 0.448. The number of benzene rings is 2. The van der Waals surface area contributed by atoms with Crippen LogP contribution in [0.2, 0.25) is 0 Å². The second kappa shape index (κ2) is 12.6. The van der Waals surface area contributed by atoms with Crippen LogP contribution in [0, 0.1) is 11.8 Å². The Hall–Kier alpha value is -3.32. The van der Waals surface area contributed by atoms with E-state index >= 15 is 0 Å². The quantitative estimate of drug-likeness (QED) is 0.399. The monoisotopic (exact) mass is 488 g/mol. The normalized spacial score (nSPS) is 16.7. The number of aromatic nitrogens is 2. The fourth-order valence-electron chi connectivity index (χ4n) is 5.24. The standard InChI is InChI=1S/C29H36N4O3/c1-30-28(35)22(16-20-10-4-2-5-11-20)18-27(34)25(17-21-12-6-3-7-13-21)33-29(36)26-19-31-23-14-8-9-15-24(23)32-26/h2,4-5,8-11,14-15,19,21-22,25,27,34H,3,6-7,12-13,16-18H2,1H3,(H,30,35)(H,33,36)/t22-,25+,27+/m1/s1. The molecule has 2 amide bonds. The Morgan fingerprint density at radius 3 is 2.42 bits per heavy atom. The SMILES string of the molecule is CNC(=O)[C@H](Cc1ccccc1)C[C@H](O)[C@H](CC1CCCCC1)NC(=O)c1cnc2ccccc2n1. The zero-order chi connectivity index (χ0) is 25.3. The molecule has 1 fully saturated rings. The predicted octanol–water partition coefficient (Wildman–Crippen LogP) is 4.05. The summed E-state index contributed by atoms with van der Waals surface area (Å²) in [6, 6.07) is 16.8. The first-order chi connectivity index (χ1) is 17.5. The van der Waals surface area contributed by atoms with Gasteiger partial charge in [0.25, 0.3) is 5.91 Å². The molecule has 190 valence electrons. The summed E-state index contributed by atoms with van der Waals surface area (Å²) in [5.74, 6) is -0.429. The smallest absolute Gasteiger partial charge is 0.271 e. The van der Waals surface area contributed by atoms with E-state index in [2.05, 4.69) is 20.6 Å². The number of aliphatic hydroxyl groups excluding tert-OH is 1. The van der Waals surface area contributed by atoms with Crippen molar-refractivity contribution in [3.05, 3.63) is 72.1 Å². The van der Waals surface area contributed by atoms with E-state index < -0.39 is 18.1 Å². The van der Waals surface area contributed by atoms with Crippen LogP contribution in [0.3, 0.4) is 0 Å². The van der Waals surface area contributed by atoms with E-state index in [0.29, 0.717) is 24.3 Å². The highest BCUT2D eigenvalue weighted by Crippen LogP contribution is 2.29. The second-order valence-corrected chi connectivity index (χ2v) is 9.87. The van der Waals surface area contributed by atoms with Gasteiger partial charge in [-0.05, 0) is 42.9 Å². The van der Waals surface area contributed by atoms with E-state index in [9.17, 15) is 14.7 Å². The summed E-state index contributed by atoms with van der Waals surface area (Å²) in [6.45, 7) is 0. The number of para-hydroxylation sites is 2. The molecule has 1 aromatic heterocycles. The number of carbonyl (C=O) groups excluding carboxylic acids is 2. The molecule has 3 aromatic rings. The van der Waals surface area contributed by atoms with E-state index in [1.807, 2.05) is 54.6 Å². The number of fused-ring (bicyclic) bond motifs is 1. The topological polar surface area (TPSA) is 104 Å². The average Bonchev–Trinajstić information content (AvgIpc) is 2.92. The highest BCUT2D eigenvalue weighted by atomic mass is 16.3. The summed E-state index contributed by atoms with van der Waals surface area (Å²) in [7, 11) is 1.62. The lowest BCUT2D eigenvalue weighted by molar-refractivity contribution is -0.125. The minimum absolute atomic E-state index is 0.110. The van der Waals surface area contributed by atoms with Gasteiger partial charge >= 0.3 is 0 Å². The van der Waals surface area contributed by atoms with Gasteiger partial charge in [0.05, 0.1) is 29.4 Å². The number of nitrogens with zero attached hydrogens (tertiary/aromatic N) is 2. The summed E-state index contributed by atoms with van der Waals surface area (Å²) in [5.41, 5.74) is 2.64. The molecule has 7 nitrogen and oxygen atoms in total. The number of rotatable bonds is 10. The molecule has 0 unspecified atom stereocenters. The van der Waals surface area contributed by atoms with Gasteiger partial charge < -0.3 is 15.7 Å². The molecule has 4 rings (SSSR count). The Morgan fingerprint density at radius 1 is 1.00 bits per heavy atom. The number of carbonyl (C=O) groups is 2. The maximum atomic E-state index is 13.2. The van der Waals surface area contributed by atoms with Crippen molar-refractivity contribution in [1.29, 1.82) is 0 Å².